The van der Waals surface area contributed by atoms with Crippen LogP contribution in [-0.2, 0) is 0 Å². The van der Waals surface area contributed by atoms with Gasteiger partial charge in [0.15, 0.2) is 0 Å². The first-order valence-electron chi connectivity index (χ1n) is 4.14. The SMILES string of the molecule is N#CC(CCl)c1nc(C2CC2)ns1. The number of hydrogen-bond acceptors (Lipinski definition) is 4. The van der Waals surface area contributed by atoms with E-state index in [4.69, 9.17) is 16.9 Å². The Hall–Kier alpha value is -0.660. The molecule has 0 amide bonds. The molecular weight excluding hydrogens is 206 g/mol. The molecule has 1 aliphatic carbocycles. The highest BCUT2D eigenvalue weighted by Crippen LogP contribution is 2.39. The Balaban J connectivity index is 2.16. The van der Waals surface area contributed by atoms with E-state index in [0.29, 0.717) is 11.8 Å². The third-order valence-corrected chi connectivity index (χ3v) is 3.16. The van der Waals surface area contributed by atoms with Gasteiger partial charge in [0.1, 0.15) is 16.7 Å². The van der Waals surface area contributed by atoms with Gasteiger partial charge >= 0.3 is 0 Å². The lowest BCUT2D eigenvalue weighted by Gasteiger charge is -1.95. The van der Waals surface area contributed by atoms with Crippen LogP contribution in [0.3, 0.4) is 0 Å². The van der Waals surface area contributed by atoms with E-state index in [0.717, 1.165) is 10.8 Å². The number of aromatic nitrogens is 2. The molecule has 2 rings (SSSR count). The molecule has 3 nitrogen and oxygen atoms in total. The van der Waals surface area contributed by atoms with E-state index in [1.807, 2.05) is 0 Å². The van der Waals surface area contributed by atoms with Crippen molar-refractivity contribution in [2.75, 3.05) is 5.88 Å². The van der Waals surface area contributed by atoms with Crippen LogP contribution in [0.2, 0.25) is 0 Å². The molecule has 68 valence electrons. The van der Waals surface area contributed by atoms with Crippen LogP contribution in [0.15, 0.2) is 0 Å². The summed E-state index contributed by atoms with van der Waals surface area (Å²) in [5.74, 6) is 1.48. The summed E-state index contributed by atoms with van der Waals surface area (Å²) in [5.41, 5.74) is 0. The van der Waals surface area contributed by atoms with Gasteiger partial charge in [-0.15, -0.1) is 11.6 Å². The summed E-state index contributed by atoms with van der Waals surface area (Å²) in [6.07, 6.45) is 2.38. The molecule has 1 heterocycles. The molecule has 1 atom stereocenters. The monoisotopic (exact) mass is 213 g/mol. The Morgan fingerprint density at radius 1 is 1.69 bits per heavy atom. The van der Waals surface area contributed by atoms with E-state index in [9.17, 15) is 0 Å². The maximum Gasteiger partial charge on any atom is 0.145 e. The summed E-state index contributed by atoms with van der Waals surface area (Å²) in [6.45, 7) is 0. The third-order valence-electron chi connectivity index (χ3n) is 2.01. The van der Waals surface area contributed by atoms with E-state index in [-0.39, 0.29) is 5.92 Å². The number of alkyl halides is 1. The molecule has 1 aliphatic rings. The average Bonchev–Trinajstić information content (AvgIpc) is 2.89. The van der Waals surface area contributed by atoms with Crippen LogP contribution in [0, 0.1) is 11.3 Å². The standard InChI is InChI=1S/C8H8ClN3S/c9-3-6(4-10)8-11-7(12-13-8)5-1-2-5/h5-6H,1-3H2. The van der Waals surface area contributed by atoms with E-state index in [1.165, 1.54) is 24.4 Å². The zero-order valence-corrected chi connectivity index (χ0v) is 8.48. The number of rotatable bonds is 3. The Morgan fingerprint density at radius 3 is 3.00 bits per heavy atom. The molecule has 5 heteroatoms. The molecule has 0 radical (unpaired) electrons. The molecule has 1 unspecified atom stereocenters. The van der Waals surface area contributed by atoms with E-state index in [2.05, 4.69) is 15.4 Å². The predicted molar refractivity (Wildman–Crippen MR) is 51.0 cm³/mol. The zero-order valence-electron chi connectivity index (χ0n) is 6.90. The lowest BCUT2D eigenvalue weighted by molar-refractivity contribution is 0.911. The second-order valence-corrected chi connectivity index (χ2v) is 4.19. The molecule has 13 heavy (non-hydrogen) atoms. The number of nitriles is 1. The van der Waals surface area contributed by atoms with Crippen molar-refractivity contribution < 1.29 is 0 Å². The number of hydrogen-bond donors (Lipinski definition) is 0. The van der Waals surface area contributed by atoms with Crippen molar-refractivity contribution in [2.45, 2.75) is 24.7 Å². The van der Waals surface area contributed by atoms with Gasteiger partial charge < -0.3 is 0 Å². The minimum atomic E-state index is -0.285. The van der Waals surface area contributed by atoms with Crippen molar-refractivity contribution in [2.24, 2.45) is 0 Å². The highest BCUT2D eigenvalue weighted by Gasteiger charge is 2.28. The molecule has 0 aromatic carbocycles. The van der Waals surface area contributed by atoms with Crippen LogP contribution in [0.4, 0.5) is 0 Å². The fourth-order valence-corrected chi connectivity index (χ4v) is 2.13. The van der Waals surface area contributed by atoms with Gasteiger partial charge in [-0.25, -0.2) is 4.98 Å². The summed E-state index contributed by atoms with van der Waals surface area (Å²) in [5, 5.41) is 9.51. The van der Waals surface area contributed by atoms with Gasteiger partial charge in [0.2, 0.25) is 0 Å². The maximum atomic E-state index is 8.75. The Kier molecular flexibility index (Phi) is 2.47. The van der Waals surface area contributed by atoms with Gasteiger partial charge in [-0.3, -0.25) is 0 Å². The number of halogens is 1. The van der Waals surface area contributed by atoms with E-state index in [1.54, 1.807) is 0 Å². The Bertz CT molecular complexity index is 339. The molecule has 0 spiro atoms. The molecule has 1 aromatic rings. The van der Waals surface area contributed by atoms with Crippen LogP contribution in [-0.4, -0.2) is 15.2 Å². The lowest BCUT2D eigenvalue weighted by atomic mass is 10.2. The molecule has 1 aromatic heterocycles. The van der Waals surface area contributed by atoms with Crippen molar-refractivity contribution in [1.82, 2.24) is 9.36 Å². The minimum absolute atomic E-state index is 0.285. The van der Waals surface area contributed by atoms with Gasteiger partial charge in [0.05, 0.1) is 6.07 Å². The summed E-state index contributed by atoms with van der Waals surface area (Å²) in [6, 6.07) is 2.12. The van der Waals surface area contributed by atoms with E-state index >= 15 is 0 Å². The maximum absolute atomic E-state index is 8.75. The van der Waals surface area contributed by atoms with Gasteiger partial charge in [-0.2, -0.15) is 9.64 Å². The van der Waals surface area contributed by atoms with Crippen molar-refractivity contribution in [3.05, 3.63) is 10.8 Å². The number of nitrogens with zero attached hydrogens (tertiary/aromatic N) is 3. The molecule has 0 N–H and O–H groups in total. The Morgan fingerprint density at radius 2 is 2.46 bits per heavy atom. The second kappa shape index (κ2) is 3.60. The normalized spacial score (nSPS) is 18.2. The van der Waals surface area contributed by atoms with Crippen LogP contribution < -0.4 is 0 Å². The molecule has 0 bridgehead atoms. The first kappa shape index (κ1) is 8.92. The smallest absolute Gasteiger partial charge is 0.145 e. The van der Waals surface area contributed by atoms with Crippen LogP contribution in [0.5, 0.6) is 0 Å². The zero-order chi connectivity index (χ0) is 9.26. The third kappa shape index (κ3) is 1.82. The Labute approximate surface area is 85.5 Å². The van der Waals surface area contributed by atoms with Crippen molar-refractivity contribution >= 4 is 23.1 Å². The largest absolute Gasteiger partial charge is 0.223 e. The molecular formula is C8H8ClN3S. The first-order valence-corrected chi connectivity index (χ1v) is 5.45. The summed E-state index contributed by atoms with van der Waals surface area (Å²) >= 11 is 6.93. The first-order chi connectivity index (χ1) is 6.35. The van der Waals surface area contributed by atoms with Gasteiger partial charge in [-0.1, -0.05) is 0 Å². The quantitative estimate of drug-likeness (QED) is 0.724. The average molecular weight is 214 g/mol. The van der Waals surface area contributed by atoms with Crippen molar-refractivity contribution in [1.29, 1.82) is 5.26 Å². The summed E-state index contributed by atoms with van der Waals surface area (Å²) < 4.78 is 4.22. The lowest BCUT2D eigenvalue weighted by Crippen LogP contribution is -1.96. The fourth-order valence-electron chi connectivity index (χ4n) is 1.05. The predicted octanol–water partition coefficient (Wildman–Crippen LogP) is 2.26. The minimum Gasteiger partial charge on any atom is -0.223 e. The van der Waals surface area contributed by atoms with Crippen molar-refractivity contribution in [3.8, 4) is 6.07 Å². The highest BCUT2D eigenvalue weighted by atomic mass is 35.5. The van der Waals surface area contributed by atoms with Gasteiger partial charge in [-0.05, 0) is 24.4 Å². The van der Waals surface area contributed by atoms with Crippen molar-refractivity contribution in [3.63, 3.8) is 0 Å². The molecule has 0 saturated heterocycles. The molecule has 1 fully saturated rings. The van der Waals surface area contributed by atoms with Gasteiger partial charge in [0.25, 0.3) is 0 Å². The van der Waals surface area contributed by atoms with Gasteiger partial charge in [0, 0.05) is 11.8 Å². The fraction of sp³-hybridized carbons (Fsp3) is 0.625. The van der Waals surface area contributed by atoms with Crippen LogP contribution >= 0.6 is 23.1 Å². The topological polar surface area (TPSA) is 49.6 Å². The summed E-state index contributed by atoms with van der Waals surface area (Å²) in [4.78, 5) is 4.31. The molecule has 1 saturated carbocycles. The highest BCUT2D eigenvalue weighted by molar-refractivity contribution is 7.05. The van der Waals surface area contributed by atoms with Crippen LogP contribution in [0.25, 0.3) is 0 Å². The second-order valence-electron chi connectivity index (χ2n) is 3.10. The summed E-state index contributed by atoms with van der Waals surface area (Å²) in [7, 11) is 0. The van der Waals surface area contributed by atoms with E-state index < -0.39 is 0 Å². The molecule has 0 aliphatic heterocycles. The van der Waals surface area contributed by atoms with Crippen LogP contribution in [0.1, 0.15) is 35.5 Å².